The highest BCUT2D eigenvalue weighted by molar-refractivity contribution is 6.00. The first-order chi connectivity index (χ1) is 15.8. The highest BCUT2D eigenvalue weighted by Gasteiger charge is 2.48. The molecule has 0 radical (unpaired) electrons. The van der Waals surface area contributed by atoms with Crippen molar-refractivity contribution in [2.24, 2.45) is 0 Å². The van der Waals surface area contributed by atoms with E-state index in [2.05, 4.69) is 5.32 Å². The van der Waals surface area contributed by atoms with Crippen molar-refractivity contribution in [2.45, 2.75) is 57.2 Å². The quantitative estimate of drug-likeness (QED) is 0.697. The Balaban J connectivity index is 1.64. The van der Waals surface area contributed by atoms with Crippen LogP contribution in [0.3, 0.4) is 0 Å². The van der Waals surface area contributed by atoms with Crippen molar-refractivity contribution in [1.82, 2.24) is 24.9 Å². The van der Waals surface area contributed by atoms with Crippen molar-refractivity contribution in [3.05, 3.63) is 36.0 Å². The van der Waals surface area contributed by atoms with Crippen molar-refractivity contribution >= 4 is 11.8 Å². The summed E-state index contributed by atoms with van der Waals surface area (Å²) in [5.41, 5.74) is 1.13. The van der Waals surface area contributed by atoms with Gasteiger partial charge in [-0.25, -0.2) is 0 Å². The lowest BCUT2D eigenvalue weighted by molar-refractivity contribution is -0.134. The molecule has 4 rings (SSSR count). The number of benzene rings is 1. The molecule has 178 valence electrons. The number of likely N-dealkylation sites (N-methyl/N-ethyl adjacent to an activating group) is 1. The summed E-state index contributed by atoms with van der Waals surface area (Å²) in [6.45, 7) is 3.35. The summed E-state index contributed by atoms with van der Waals surface area (Å²) in [6.07, 6.45) is 5.50. The zero-order valence-corrected chi connectivity index (χ0v) is 20.1. The summed E-state index contributed by atoms with van der Waals surface area (Å²) in [4.78, 5) is 31.0. The molecule has 2 amide bonds. The maximum absolute atomic E-state index is 13.6. The van der Waals surface area contributed by atoms with Gasteiger partial charge in [0.05, 0.1) is 19.3 Å². The molecule has 0 spiro atoms. The van der Waals surface area contributed by atoms with E-state index in [0.29, 0.717) is 31.0 Å². The molecule has 1 fully saturated rings. The summed E-state index contributed by atoms with van der Waals surface area (Å²) >= 11 is 0. The first-order valence-corrected chi connectivity index (χ1v) is 11.8. The molecular weight excluding hydrogens is 418 g/mol. The Labute approximate surface area is 195 Å². The Kier molecular flexibility index (Phi) is 6.74. The number of nitrogens with zero attached hydrogens (tertiary/aromatic N) is 4. The third-order valence-corrected chi connectivity index (χ3v) is 6.88. The van der Waals surface area contributed by atoms with E-state index >= 15 is 0 Å². The number of nitrogens with one attached hydrogen (secondary N) is 1. The average molecular weight is 454 g/mol. The fraction of sp³-hybridized carbons (Fsp3) is 0.560. The third kappa shape index (κ3) is 4.76. The van der Waals surface area contributed by atoms with Crippen LogP contribution in [0.5, 0.6) is 5.75 Å². The van der Waals surface area contributed by atoms with Crippen LogP contribution in [0.4, 0.5) is 0 Å². The third-order valence-electron chi connectivity index (χ3n) is 6.88. The van der Waals surface area contributed by atoms with Gasteiger partial charge in [0.15, 0.2) is 0 Å². The summed E-state index contributed by atoms with van der Waals surface area (Å²) in [5, 5.41) is 7.97. The van der Waals surface area contributed by atoms with Gasteiger partial charge in [0, 0.05) is 24.7 Å². The van der Waals surface area contributed by atoms with Crippen LogP contribution < -0.4 is 10.1 Å². The van der Waals surface area contributed by atoms with Crippen molar-refractivity contribution in [2.75, 3.05) is 34.3 Å². The number of fused-ring (bicyclic) bond motifs is 1. The first kappa shape index (κ1) is 23.3. The van der Waals surface area contributed by atoms with E-state index in [9.17, 15) is 9.59 Å². The van der Waals surface area contributed by atoms with E-state index in [1.54, 1.807) is 16.7 Å². The van der Waals surface area contributed by atoms with Crippen LogP contribution in [0.2, 0.25) is 0 Å². The molecule has 2 aliphatic rings. The fourth-order valence-electron chi connectivity index (χ4n) is 4.78. The summed E-state index contributed by atoms with van der Waals surface area (Å²) in [5.74, 6) is 0.519. The minimum atomic E-state index is -0.999. The molecule has 1 saturated carbocycles. The molecule has 0 saturated heterocycles. The SMILES string of the molecule is COc1ccc(-c2cc3n(n2)CC(C)(C(=O)NC2CCCCC2)N(CCN(C)C)C3=O)cc1. The minimum Gasteiger partial charge on any atom is -0.497 e. The predicted octanol–water partition coefficient (Wildman–Crippen LogP) is 2.78. The molecule has 8 nitrogen and oxygen atoms in total. The topological polar surface area (TPSA) is 79.7 Å². The van der Waals surface area contributed by atoms with Gasteiger partial charge >= 0.3 is 0 Å². The number of hydrogen-bond donors (Lipinski definition) is 1. The van der Waals surface area contributed by atoms with E-state index in [1.807, 2.05) is 56.3 Å². The maximum Gasteiger partial charge on any atom is 0.273 e. The molecule has 1 atom stereocenters. The number of methoxy groups -OCH3 is 1. The van der Waals surface area contributed by atoms with Crippen LogP contribution in [0.1, 0.15) is 49.5 Å². The molecule has 33 heavy (non-hydrogen) atoms. The Bertz CT molecular complexity index is 994. The smallest absolute Gasteiger partial charge is 0.273 e. The van der Waals surface area contributed by atoms with Crippen molar-refractivity contribution in [3.63, 3.8) is 0 Å². The van der Waals surface area contributed by atoms with Gasteiger partial charge in [0.2, 0.25) is 5.91 Å². The minimum absolute atomic E-state index is 0.0892. The van der Waals surface area contributed by atoms with Gasteiger partial charge in [-0.3, -0.25) is 14.3 Å². The van der Waals surface area contributed by atoms with Crippen LogP contribution in [0.15, 0.2) is 30.3 Å². The molecule has 2 heterocycles. The van der Waals surface area contributed by atoms with Gasteiger partial charge in [-0.15, -0.1) is 0 Å². The molecule has 2 aromatic rings. The molecule has 8 heteroatoms. The number of carbonyl (C=O) groups is 2. The molecule has 1 N–H and O–H groups in total. The van der Waals surface area contributed by atoms with Gasteiger partial charge in [-0.2, -0.15) is 5.10 Å². The van der Waals surface area contributed by atoms with E-state index in [4.69, 9.17) is 9.84 Å². The van der Waals surface area contributed by atoms with E-state index in [1.165, 1.54) is 6.42 Å². The van der Waals surface area contributed by atoms with E-state index in [0.717, 1.165) is 37.0 Å². The summed E-state index contributed by atoms with van der Waals surface area (Å²) in [7, 11) is 5.57. The number of aromatic nitrogens is 2. The van der Waals surface area contributed by atoms with Crippen LogP contribution >= 0.6 is 0 Å². The second kappa shape index (κ2) is 9.55. The summed E-state index contributed by atoms with van der Waals surface area (Å²) < 4.78 is 6.95. The van der Waals surface area contributed by atoms with Crippen molar-refractivity contribution in [3.8, 4) is 17.0 Å². The highest BCUT2D eigenvalue weighted by Crippen LogP contribution is 2.31. The normalized spacial score (nSPS) is 21.2. The lowest BCUT2D eigenvalue weighted by atomic mass is 9.91. The second-order valence-electron chi connectivity index (χ2n) is 9.64. The molecule has 1 aliphatic heterocycles. The Morgan fingerprint density at radius 1 is 1.21 bits per heavy atom. The molecule has 0 bridgehead atoms. The number of carbonyl (C=O) groups excluding carboxylic acids is 2. The van der Waals surface area contributed by atoms with Gasteiger partial charge in [-0.1, -0.05) is 19.3 Å². The Morgan fingerprint density at radius 3 is 2.55 bits per heavy atom. The van der Waals surface area contributed by atoms with E-state index < -0.39 is 5.54 Å². The number of amides is 2. The average Bonchev–Trinajstić information content (AvgIpc) is 3.23. The Hall–Kier alpha value is -2.87. The second-order valence-corrected chi connectivity index (χ2v) is 9.64. The summed E-state index contributed by atoms with van der Waals surface area (Å²) in [6, 6.07) is 9.61. The van der Waals surface area contributed by atoms with Gasteiger partial charge in [-0.05, 0) is 64.2 Å². The standard InChI is InChI=1S/C25H35N5O3/c1-25(24(32)26-19-8-6-5-7-9-19)17-30-22(23(31)29(25)15-14-28(2)3)16-21(27-30)18-10-12-20(33-4)13-11-18/h10-13,16,19H,5-9,14-15,17H2,1-4H3,(H,26,32). The lowest BCUT2D eigenvalue weighted by Gasteiger charge is -2.44. The van der Waals surface area contributed by atoms with Gasteiger partial charge in [0.1, 0.15) is 17.0 Å². The number of ether oxygens (including phenoxy) is 1. The first-order valence-electron chi connectivity index (χ1n) is 11.8. The van der Waals surface area contributed by atoms with Gasteiger partial charge < -0.3 is 19.9 Å². The van der Waals surface area contributed by atoms with Crippen LogP contribution in [0.25, 0.3) is 11.3 Å². The monoisotopic (exact) mass is 453 g/mol. The maximum atomic E-state index is 13.6. The Morgan fingerprint density at radius 2 is 1.91 bits per heavy atom. The highest BCUT2D eigenvalue weighted by atomic mass is 16.5. The molecule has 1 aliphatic carbocycles. The fourth-order valence-corrected chi connectivity index (χ4v) is 4.78. The van der Waals surface area contributed by atoms with Crippen molar-refractivity contribution in [1.29, 1.82) is 0 Å². The van der Waals surface area contributed by atoms with Crippen LogP contribution in [0, 0.1) is 0 Å². The van der Waals surface area contributed by atoms with Crippen molar-refractivity contribution < 1.29 is 14.3 Å². The zero-order chi connectivity index (χ0) is 23.6. The number of hydrogen-bond acceptors (Lipinski definition) is 5. The molecule has 1 unspecified atom stereocenters. The van der Waals surface area contributed by atoms with Gasteiger partial charge in [0.25, 0.3) is 5.91 Å². The molecule has 1 aromatic heterocycles. The lowest BCUT2D eigenvalue weighted by Crippen LogP contribution is -2.65. The van der Waals surface area contributed by atoms with Crippen LogP contribution in [-0.4, -0.2) is 77.3 Å². The predicted molar refractivity (Wildman–Crippen MR) is 127 cm³/mol. The van der Waals surface area contributed by atoms with Crippen LogP contribution in [-0.2, 0) is 11.3 Å². The number of rotatable bonds is 7. The van der Waals surface area contributed by atoms with E-state index in [-0.39, 0.29) is 17.9 Å². The largest absolute Gasteiger partial charge is 0.497 e. The zero-order valence-electron chi connectivity index (χ0n) is 20.1. The molecular formula is C25H35N5O3. The molecule has 1 aromatic carbocycles.